The smallest absolute Gasteiger partial charge is 0.331 e. The fourth-order valence-corrected chi connectivity index (χ4v) is 1.45. The highest BCUT2D eigenvalue weighted by molar-refractivity contribution is 14.1. The second-order valence-corrected chi connectivity index (χ2v) is 4.04. The third-order valence-corrected chi connectivity index (χ3v) is 2.66. The standard InChI is InChI=1S/C7H7F3INO/c8-7(9,10)6(13)12-3-1-5(11)2-4-12/h1H,2-4H2. The first-order valence-electron chi connectivity index (χ1n) is 3.62. The van der Waals surface area contributed by atoms with Gasteiger partial charge in [-0.05, 0) is 32.6 Å². The van der Waals surface area contributed by atoms with Gasteiger partial charge in [-0.25, -0.2) is 0 Å². The maximum atomic E-state index is 11.9. The molecule has 0 spiro atoms. The average Bonchev–Trinajstić information content (AvgIpc) is 2.03. The van der Waals surface area contributed by atoms with Gasteiger partial charge in [0, 0.05) is 13.1 Å². The minimum atomic E-state index is -4.74. The Morgan fingerprint density at radius 1 is 1.54 bits per heavy atom. The highest BCUT2D eigenvalue weighted by Crippen LogP contribution is 2.22. The van der Waals surface area contributed by atoms with Crippen molar-refractivity contribution in [3.05, 3.63) is 9.66 Å². The lowest BCUT2D eigenvalue weighted by Gasteiger charge is -2.25. The monoisotopic (exact) mass is 305 g/mol. The van der Waals surface area contributed by atoms with Crippen LogP contribution in [-0.2, 0) is 4.79 Å². The summed E-state index contributed by atoms with van der Waals surface area (Å²) in [5, 5.41) is 0. The third kappa shape index (κ3) is 2.85. The molecule has 1 heterocycles. The van der Waals surface area contributed by atoms with E-state index in [9.17, 15) is 18.0 Å². The number of carbonyl (C=O) groups excluding carboxylic acids is 1. The maximum Gasteiger partial charge on any atom is 0.471 e. The number of rotatable bonds is 0. The zero-order valence-electron chi connectivity index (χ0n) is 6.57. The van der Waals surface area contributed by atoms with Gasteiger partial charge < -0.3 is 4.90 Å². The van der Waals surface area contributed by atoms with E-state index in [4.69, 9.17) is 0 Å². The van der Waals surface area contributed by atoms with E-state index in [0.29, 0.717) is 6.42 Å². The zero-order valence-corrected chi connectivity index (χ0v) is 8.72. The summed E-state index contributed by atoms with van der Waals surface area (Å²) in [4.78, 5) is 11.5. The van der Waals surface area contributed by atoms with Crippen LogP contribution in [0.5, 0.6) is 0 Å². The lowest BCUT2D eigenvalue weighted by molar-refractivity contribution is -0.185. The molecule has 0 fully saturated rings. The molecule has 0 aromatic carbocycles. The Bertz CT molecular complexity index is 249. The molecule has 0 atom stereocenters. The third-order valence-electron chi connectivity index (χ3n) is 1.68. The topological polar surface area (TPSA) is 20.3 Å². The zero-order chi connectivity index (χ0) is 10.1. The van der Waals surface area contributed by atoms with Crippen molar-refractivity contribution in [1.29, 1.82) is 0 Å². The number of halogens is 4. The molecule has 1 amide bonds. The van der Waals surface area contributed by atoms with Gasteiger partial charge in [-0.2, -0.15) is 13.2 Å². The summed E-state index contributed by atoms with van der Waals surface area (Å²) in [6.07, 6.45) is -2.59. The summed E-state index contributed by atoms with van der Waals surface area (Å²) >= 11 is 2.05. The van der Waals surface area contributed by atoms with Gasteiger partial charge >= 0.3 is 12.1 Å². The van der Waals surface area contributed by atoms with Crippen LogP contribution < -0.4 is 0 Å². The number of alkyl halides is 3. The molecule has 0 radical (unpaired) electrons. The van der Waals surface area contributed by atoms with Crippen LogP contribution in [0.25, 0.3) is 0 Å². The number of amides is 1. The van der Waals surface area contributed by atoms with E-state index in [-0.39, 0.29) is 13.1 Å². The summed E-state index contributed by atoms with van der Waals surface area (Å²) < 4.78 is 36.8. The van der Waals surface area contributed by atoms with Gasteiger partial charge in [0.1, 0.15) is 0 Å². The molecule has 1 aliphatic heterocycles. The van der Waals surface area contributed by atoms with Gasteiger partial charge in [0.15, 0.2) is 0 Å². The molecule has 6 heteroatoms. The average molecular weight is 305 g/mol. The van der Waals surface area contributed by atoms with Crippen LogP contribution >= 0.6 is 22.6 Å². The molecular formula is C7H7F3INO. The molecule has 0 unspecified atom stereocenters. The maximum absolute atomic E-state index is 11.9. The molecule has 13 heavy (non-hydrogen) atoms. The molecule has 0 aliphatic carbocycles. The van der Waals surface area contributed by atoms with Crippen LogP contribution in [0.1, 0.15) is 6.42 Å². The Balaban J connectivity index is 2.61. The number of nitrogens with zero attached hydrogens (tertiary/aromatic N) is 1. The van der Waals surface area contributed by atoms with E-state index in [1.807, 2.05) is 0 Å². The Morgan fingerprint density at radius 2 is 2.15 bits per heavy atom. The van der Waals surface area contributed by atoms with Crippen LogP contribution in [0.4, 0.5) is 13.2 Å². The predicted octanol–water partition coefficient (Wildman–Crippen LogP) is 2.10. The van der Waals surface area contributed by atoms with Crippen LogP contribution in [0, 0.1) is 0 Å². The van der Waals surface area contributed by atoms with Crippen molar-refractivity contribution in [2.75, 3.05) is 13.1 Å². The first-order chi connectivity index (χ1) is 5.91. The van der Waals surface area contributed by atoms with Crippen LogP contribution in [-0.4, -0.2) is 30.1 Å². The van der Waals surface area contributed by atoms with Crippen molar-refractivity contribution in [3.8, 4) is 0 Å². The van der Waals surface area contributed by atoms with Crippen molar-refractivity contribution in [1.82, 2.24) is 4.90 Å². The quantitative estimate of drug-likeness (QED) is 0.628. The summed E-state index contributed by atoms with van der Waals surface area (Å²) in [5.41, 5.74) is 0. The van der Waals surface area contributed by atoms with Gasteiger partial charge in [0.05, 0.1) is 0 Å². The predicted molar refractivity (Wildman–Crippen MR) is 49.4 cm³/mol. The van der Waals surface area contributed by atoms with Gasteiger partial charge in [-0.3, -0.25) is 4.79 Å². The Labute approximate surface area is 86.9 Å². The minimum Gasteiger partial charge on any atom is -0.331 e. The fraction of sp³-hybridized carbons (Fsp3) is 0.571. The molecule has 0 saturated carbocycles. The molecule has 0 bridgehead atoms. The molecule has 0 aromatic heterocycles. The van der Waals surface area contributed by atoms with E-state index >= 15 is 0 Å². The molecule has 0 aromatic rings. The minimum absolute atomic E-state index is 0.0661. The molecule has 0 saturated heterocycles. The molecule has 1 aliphatic rings. The van der Waals surface area contributed by atoms with Crippen LogP contribution in [0.3, 0.4) is 0 Å². The highest BCUT2D eigenvalue weighted by Gasteiger charge is 2.42. The normalized spacial score (nSPS) is 18.5. The van der Waals surface area contributed by atoms with E-state index in [1.54, 1.807) is 6.08 Å². The van der Waals surface area contributed by atoms with Crippen LogP contribution in [0.15, 0.2) is 9.66 Å². The summed E-state index contributed by atoms with van der Waals surface area (Å²) in [6, 6.07) is 0. The van der Waals surface area contributed by atoms with Crippen molar-refractivity contribution < 1.29 is 18.0 Å². The van der Waals surface area contributed by atoms with Gasteiger partial charge in [0.2, 0.25) is 0 Å². The Hall–Kier alpha value is -0.270. The lowest BCUT2D eigenvalue weighted by atomic mass is 10.2. The highest BCUT2D eigenvalue weighted by atomic mass is 127. The number of hydrogen-bond acceptors (Lipinski definition) is 1. The second-order valence-electron chi connectivity index (χ2n) is 2.65. The SMILES string of the molecule is O=C(N1CC=C(I)CC1)C(F)(F)F. The second kappa shape index (κ2) is 3.85. The molecular weight excluding hydrogens is 298 g/mol. The van der Waals surface area contributed by atoms with Gasteiger partial charge in [-0.1, -0.05) is 6.08 Å². The Kier molecular flexibility index (Phi) is 3.20. The molecule has 1 rings (SSSR count). The summed E-state index contributed by atoms with van der Waals surface area (Å²) in [5.74, 6) is -1.74. The van der Waals surface area contributed by atoms with Crippen LogP contribution in [0.2, 0.25) is 0 Å². The van der Waals surface area contributed by atoms with Gasteiger partial charge in [-0.15, -0.1) is 0 Å². The Morgan fingerprint density at radius 3 is 2.54 bits per heavy atom. The number of carbonyl (C=O) groups is 1. The number of hydrogen-bond donors (Lipinski definition) is 0. The first kappa shape index (κ1) is 10.8. The largest absolute Gasteiger partial charge is 0.471 e. The summed E-state index contributed by atoms with van der Waals surface area (Å²) in [7, 11) is 0. The molecule has 2 nitrogen and oxygen atoms in total. The van der Waals surface area contributed by atoms with Crippen molar-refractivity contribution >= 4 is 28.5 Å². The van der Waals surface area contributed by atoms with Crippen molar-refractivity contribution in [3.63, 3.8) is 0 Å². The van der Waals surface area contributed by atoms with E-state index in [0.717, 1.165) is 8.48 Å². The van der Waals surface area contributed by atoms with Crippen molar-refractivity contribution in [2.45, 2.75) is 12.6 Å². The van der Waals surface area contributed by atoms with E-state index in [1.165, 1.54) is 0 Å². The van der Waals surface area contributed by atoms with Crippen molar-refractivity contribution in [2.24, 2.45) is 0 Å². The first-order valence-corrected chi connectivity index (χ1v) is 4.70. The molecule has 74 valence electrons. The van der Waals surface area contributed by atoms with Gasteiger partial charge in [0.25, 0.3) is 0 Å². The lowest BCUT2D eigenvalue weighted by Crippen LogP contribution is -2.42. The van der Waals surface area contributed by atoms with E-state index in [2.05, 4.69) is 22.6 Å². The molecule has 0 N–H and O–H groups in total. The van der Waals surface area contributed by atoms with E-state index < -0.39 is 12.1 Å². The fourth-order valence-electron chi connectivity index (χ4n) is 1.01. The summed E-state index contributed by atoms with van der Waals surface area (Å²) in [6.45, 7) is 0.226.